The van der Waals surface area contributed by atoms with Crippen molar-refractivity contribution in [3.63, 3.8) is 0 Å². The van der Waals surface area contributed by atoms with E-state index in [4.69, 9.17) is 4.74 Å². The standard InChI is InChI=1S/C13H18BrNO2/c14-11-3-1-2-4-13(11)17-9-12(16)10-5-7-15-8-6-10/h1-4,10,12,15-16H,5-9H2. The highest BCUT2D eigenvalue weighted by Gasteiger charge is 2.22. The summed E-state index contributed by atoms with van der Waals surface area (Å²) < 4.78 is 6.56. The van der Waals surface area contributed by atoms with Crippen LogP contribution in [0.2, 0.25) is 0 Å². The van der Waals surface area contributed by atoms with Crippen LogP contribution in [0.15, 0.2) is 28.7 Å². The maximum Gasteiger partial charge on any atom is 0.133 e. The Kier molecular flexibility index (Phi) is 4.83. The molecule has 0 radical (unpaired) electrons. The lowest BCUT2D eigenvalue weighted by molar-refractivity contribution is 0.0440. The van der Waals surface area contributed by atoms with Gasteiger partial charge in [-0.05, 0) is 59.9 Å². The van der Waals surface area contributed by atoms with E-state index < -0.39 is 0 Å². The average molecular weight is 300 g/mol. The molecule has 4 heteroatoms. The van der Waals surface area contributed by atoms with Gasteiger partial charge in [0.1, 0.15) is 12.4 Å². The van der Waals surface area contributed by atoms with Crippen LogP contribution in [0.5, 0.6) is 5.75 Å². The van der Waals surface area contributed by atoms with Crippen LogP contribution in [0.1, 0.15) is 12.8 Å². The third kappa shape index (κ3) is 3.69. The van der Waals surface area contributed by atoms with E-state index in [1.807, 2.05) is 24.3 Å². The van der Waals surface area contributed by atoms with Crippen LogP contribution < -0.4 is 10.1 Å². The van der Waals surface area contributed by atoms with Gasteiger partial charge in [-0.15, -0.1) is 0 Å². The van der Waals surface area contributed by atoms with Crippen molar-refractivity contribution in [1.82, 2.24) is 5.32 Å². The molecule has 0 amide bonds. The van der Waals surface area contributed by atoms with Gasteiger partial charge in [0.15, 0.2) is 0 Å². The Morgan fingerprint density at radius 2 is 2.06 bits per heavy atom. The monoisotopic (exact) mass is 299 g/mol. The molecule has 0 bridgehead atoms. The van der Waals surface area contributed by atoms with Crippen LogP contribution in [0.4, 0.5) is 0 Å². The number of rotatable bonds is 4. The molecule has 1 aliphatic rings. The number of nitrogens with one attached hydrogen (secondary N) is 1. The Balaban J connectivity index is 1.83. The summed E-state index contributed by atoms with van der Waals surface area (Å²) in [6.45, 7) is 2.36. The summed E-state index contributed by atoms with van der Waals surface area (Å²) in [5.74, 6) is 1.15. The lowest BCUT2D eigenvalue weighted by atomic mass is 9.93. The highest BCUT2D eigenvalue weighted by Crippen LogP contribution is 2.25. The van der Waals surface area contributed by atoms with Crippen molar-refractivity contribution in [1.29, 1.82) is 0 Å². The predicted octanol–water partition coefficient (Wildman–Crippen LogP) is 2.19. The minimum atomic E-state index is -0.371. The van der Waals surface area contributed by atoms with Gasteiger partial charge in [-0.2, -0.15) is 0 Å². The fourth-order valence-corrected chi connectivity index (χ4v) is 2.50. The molecule has 1 aliphatic heterocycles. The summed E-state index contributed by atoms with van der Waals surface area (Å²) in [5.41, 5.74) is 0. The number of piperidine rings is 1. The van der Waals surface area contributed by atoms with Crippen LogP contribution in [-0.4, -0.2) is 30.9 Å². The number of hydrogen-bond donors (Lipinski definition) is 2. The number of benzene rings is 1. The zero-order valence-corrected chi connectivity index (χ0v) is 11.3. The molecule has 1 saturated heterocycles. The zero-order chi connectivity index (χ0) is 12.1. The molecular formula is C13H18BrNO2. The van der Waals surface area contributed by atoms with Gasteiger partial charge in [-0.3, -0.25) is 0 Å². The van der Waals surface area contributed by atoms with Crippen molar-refractivity contribution in [2.24, 2.45) is 5.92 Å². The first-order chi connectivity index (χ1) is 8.27. The van der Waals surface area contributed by atoms with Crippen molar-refractivity contribution in [3.8, 4) is 5.75 Å². The SMILES string of the molecule is OC(COc1ccccc1Br)C1CCNCC1. The fourth-order valence-electron chi connectivity index (χ4n) is 2.10. The van der Waals surface area contributed by atoms with E-state index in [9.17, 15) is 5.11 Å². The largest absolute Gasteiger partial charge is 0.490 e. The van der Waals surface area contributed by atoms with E-state index >= 15 is 0 Å². The quantitative estimate of drug-likeness (QED) is 0.895. The molecule has 1 unspecified atom stereocenters. The third-order valence-corrected chi connectivity index (χ3v) is 3.83. The molecule has 1 aromatic carbocycles. The first kappa shape index (κ1) is 12.9. The van der Waals surface area contributed by atoms with E-state index in [0.717, 1.165) is 36.2 Å². The van der Waals surface area contributed by atoms with Crippen molar-refractivity contribution >= 4 is 15.9 Å². The fraction of sp³-hybridized carbons (Fsp3) is 0.538. The lowest BCUT2D eigenvalue weighted by Gasteiger charge is -2.27. The normalized spacial score (nSPS) is 18.9. The predicted molar refractivity (Wildman–Crippen MR) is 71.2 cm³/mol. The second-order valence-electron chi connectivity index (χ2n) is 4.40. The lowest BCUT2D eigenvalue weighted by Crippen LogP contribution is -2.36. The molecule has 3 nitrogen and oxygen atoms in total. The van der Waals surface area contributed by atoms with Gasteiger partial charge in [0.05, 0.1) is 10.6 Å². The minimum Gasteiger partial charge on any atom is -0.490 e. The Bertz CT molecular complexity index is 353. The summed E-state index contributed by atoms with van der Waals surface area (Å²) >= 11 is 3.43. The summed E-state index contributed by atoms with van der Waals surface area (Å²) in [4.78, 5) is 0. The molecule has 0 aliphatic carbocycles. The molecule has 1 atom stereocenters. The topological polar surface area (TPSA) is 41.5 Å². The highest BCUT2D eigenvalue weighted by atomic mass is 79.9. The molecule has 2 N–H and O–H groups in total. The molecule has 0 saturated carbocycles. The number of halogens is 1. The second kappa shape index (κ2) is 6.38. The molecule has 0 spiro atoms. The van der Waals surface area contributed by atoms with Gasteiger partial charge in [-0.25, -0.2) is 0 Å². The van der Waals surface area contributed by atoms with Gasteiger partial charge in [0.2, 0.25) is 0 Å². The maximum atomic E-state index is 10.1. The van der Waals surface area contributed by atoms with E-state index in [0.29, 0.717) is 12.5 Å². The molecule has 1 heterocycles. The Labute approximate surface area is 110 Å². The maximum absolute atomic E-state index is 10.1. The van der Waals surface area contributed by atoms with Crippen molar-refractivity contribution in [2.75, 3.05) is 19.7 Å². The molecular weight excluding hydrogens is 282 g/mol. The summed E-state index contributed by atoms with van der Waals surface area (Å²) in [6.07, 6.45) is 1.69. The number of para-hydroxylation sites is 1. The summed E-state index contributed by atoms with van der Waals surface area (Å²) in [7, 11) is 0. The molecule has 94 valence electrons. The van der Waals surface area contributed by atoms with E-state index in [-0.39, 0.29) is 6.10 Å². The van der Waals surface area contributed by atoms with Crippen LogP contribution >= 0.6 is 15.9 Å². The second-order valence-corrected chi connectivity index (χ2v) is 5.25. The van der Waals surface area contributed by atoms with Crippen LogP contribution in [0.25, 0.3) is 0 Å². The van der Waals surface area contributed by atoms with Crippen molar-refractivity contribution in [3.05, 3.63) is 28.7 Å². The van der Waals surface area contributed by atoms with Crippen LogP contribution in [0.3, 0.4) is 0 Å². The van der Waals surface area contributed by atoms with E-state index in [1.165, 1.54) is 0 Å². The number of ether oxygens (including phenoxy) is 1. The molecule has 17 heavy (non-hydrogen) atoms. The average Bonchev–Trinajstić information content (AvgIpc) is 2.38. The first-order valence-electron chi connectivity index (χ1n) is 6.03. The van der Waals surface area contributed by atoms with E-state index in [1.54, 1.807) is 0 Å². The van der Waals surface area contributed by atoms with Gasteiger partial charge in [0.25, 0.3) is 0 Å². The Morgan fingerprint density at radius 3 is 2.76 bits per heavy atom. The van der Waals surface area contributed by atoms with Crippen molar-refractivity contribution < 1.29 is 9.84 Å². The smallest absolute Gasteiger partial charge is 0.133 e. The number of aliphatic hydroxyl groups excluding tert-OH is 1. The highest BCUT2D eigenvalue weighted by molar-refractivity contribution is 9.10. The molecule has 1 aromatic rings. The molecule has 1 fully saturated rings. The Morgan fingerprint density at radius 1 is 1.35 bits per heavy atom. The summed E-state index contributed by atoms with van der Waals surface area (Å²) in [6, 6.07) is 7.71. The molecule has 2 rings (SSSR count). The zero-order valence-electron chi connectivity index (χ0n) is 9.73. The number of hydrogen-bond acceptors (Lipinski definition) is 3. The van der Waals surface area contributed by atoms with Crippen molar-refractivity contribution in [2.45, 2.75) is 18.9 Å². The van der Waals surface area contributed by atoms with Gasteiger partial charge >= 0.3 is 0 Å². The first-order valence-corrected chi connectivity index (χ1v) is 6.83. The van der Waals surface area contributed by atoms with Crippen LogP contribution in [-0.2, 0) is 0 Å². The number of aliphatic hydroxyl groups is 1. The molecule has 0 aromatic heterocycles. The Hall–Kier alpha value is -0.580. The van der Waals surface area contributed by atoms with Crippen LogP contribution in [0, 0.1) is 5.92 Å². The van der Waals surface area contributed by atoms with Gasteiger partial charge < -0.3 is 15.2 Å². The van der Waals surface area contributed by atoms with Gasteiger partial charge in [-0.1, -0.05) is 12.1 Å². The minimum absolute atomic E-state index is 0.360. The summed E-state index contributed by atoms with van der Waals surface area (Å²) in [5, 5.41) is 13.4. The third-order valence-electron chi connectivity index (χ3n) is 3.17. The van der Waals surface area contributed by atoms with E-state index in [2.05, 4.69) is 21.2 Å². The van der Waals surface area contributed by atoms with Gasteiger partial charge in [0, 0.05) is 0 Å².